The van der Waals surface area contributed by atoms with Crippen molar-refractivity contribution in [1.82, 2.24) is 14.7 Å². The number of piperazine rings is 1. The summed E-state index contributed by atoms with van der Waals surface area (Å²) in [6.45, 7) is 5.49. The van der Waals surface area contributed by atoms with E-state index in [-0.39, 0.29) is 17.9 Å². The molecule has 0 aromatic heterocycles. The first-order valence-electron chi connectivity index (χ1n) is 11.4. The molecular weight excluding hydrogens is 402 g/mol. The van der Waals surface area contributed by atoms with Gasteiger partial charge in [0.15, 0.2) is 0 Å². The minimum Gasteiger partial charge on any atom is -0.496 e. The Hall–Kier alpha value is -2.86. The Bertz CT molecular complexity index is 954. The van der Waals surface area contributed by atoms with E-state index in [1.807, 2.05) is 58.3 Å². The SMILES string of the molecule is COc1ccccc1C1CN(C(=O)C2(C)CCN(C(=O)c3ccccc3)CC2)CCN1C. The standard InChI is InChI=1S/C26H33N3O3/c1-26(13-15-28(16-14-26)24(30)20-9-5-4-6-10-20)25(31)29-18-17-27(2)22(19-29)21-11-7-8-12-23(21)32-3/h4-12,22H,13-19H2,1-3H3. The lowest BCUT2D eigenvalue weighted by molar-refractivity contribution is -0.146. The Morgan fingerprint density at radius 1 is 0.906 bits per heavy atom. The molecule has 1 atom stereocenters. The first-order valence-corrected chi connectivity index (χ1v) is 11.4. The van der Waals surface area contributed by atoms with Crippen LogP contribution in [0.5, 0.6) is 5.75 Å². The summed E-state index contributed by atoms with van der Waals surface area (Å²) < 4.78 is 5.58. The van der Waals surface area contributed by atoms with Crippen LogP contribution in [0.25, 0.3) is 0 Å². The molecule has 6 nitrogen and oxygen atoms in total. The lowest BCUT2D eigenvalue weighted by Gasteiger charge is -2.45. The summed E-state index contributed by atoms with van der Waals surface area (Å²) in [6.07, 6.45) is 1.38. The van der Waals surface area contributed by atoms with Crippen LogP contribution in [0.4, 0.5) is 0 Å². The lowest BCUT2D eigenvalue weighted by Crippen LogP contribution is -2.55. The number of para-hydroxylation sites is 1. The zero-order valence-corrected chi connectivity index (χ0v) is 19.3. The van der Waals surface area contributed by atoms with Crippen molar-refractivity contribution in [3.8, 4) is 5.75 Å². The number of carbonyl (C=O) groups excluding carboxylic acids is 2. The van der Waals surface area contributed by atoms with Gasteiger partial charge in [0.05, 0.1) is 13.2 Å². The summed E-state index contributed by atoms with van der Waals surface area (Å²) >= 11 is 0. The molecule has 0 radical (unpaired) electrons. The zero-order valence-electron chi connectivity index (χ0n) is 19.3. The monoisotopic (exact) mass is 435 g/mol. The molecule has 2 amide bonds. The Kier molecular flexibility index (Phi) is 6.51. The molecule has 1 unspecified atom stereocenters. The van der Waals surface area contributed by atoms with Crippen LogP contribution in [0.2, 0.25) is 0 Å². The third kappa shape index (κ3) is 4.37. The molecule has 4 rings (SSSR count). The minimum atomic E-state index is -0.436. The maximum atomic E-state index is 13.6. The van der Waals surface area contributed by atoms with E-state index in [9.17, 15) is 9.59 Å². The first kappa shape index (κ1) is 22.3. The first-order chi connectivity index (χ1) is 15.4. The van der Waals surface area contributed by atoms with E-state index < -0.39 is 5.41 Å². The molecule has 170 valence electrons. The van der Waals surface area contributed by atoms with Crippen molar-refractivity contribution in [3.63, 3.8) is 0 Å². The molecule has 2 heterocycles. The number of amides is 2. The van der Waals surface area contributed by atoms with E-state index in [2.05, 4.69) is 24.9 Å². The second kappa shape index (κ2) is 9.33. The molecule has 2 aromatic carbocycles. The Morgan fingerprint density at radius 3 is 2.25 bits per heavy atom. The number of likely N-dealkylation sites (tertiary alicyclic amines) is 1. The molecule has 2 fully saturated rings. The zero-order chi connectivity index (χ0) is 22.7. The van der Waals surface area contributed by atoms with Crippen molar-refractivity contribution in [2.24, 2.45) is 5.41 Å². The highest BCUT2D eigenvalue weighted by molar-refractivity contribution is 5.94. The van der Waals surface area contributed by atoms with Gasteiger partial charge in [-0.15, -0.1) is 0 Å². The van der Waals surface area contributed by atoms with Crippen molar-refractivity contribution in [1.29, 1.82) is 0 Å². The molecule has 2 aliphatic rings. The van der Waals surface area contributed by atoms with E-state index in [4.69, 9.17) is 4.74 Å². The Morgan fingerprint density at radius 2 is 1.56 bits per heavy atom. The Labute approximate surface area is 190 Å². The number of ether oxygens (including phenoxy) is 1. The van der Waals surface area contributed by atoms with Gasteiger partial charge in [-0.2, -0.15) is 0 Å². The number of nitrogens with zero attached hydrogens (tertiary/aromatic N) is 3. The second-order valence-corrected chi connectivity index (χ2v) is 9.21. The third-order valence-electron chi connectivity index (χ3n) is 7.12. The van der Waals surface area contributed by atoms with Gasteiger partial charge in [-0.3, -0.25) is 14.5 Å². The highest BCUT2D eigenvalue weighted by Crippen LogP contribution is 2.37. The van der Waals surface area contributed by atoms with Crippen molar-refractivity contribution >= 4 is 11.8 Å². The van der Waals surface area contributed by atoms with E-state index in [0.717, 1.165) is 24.4 Å². The summed E-state index contributed by atoms with van der Waals surface area (Å²) in [6, 6.07) is 17.5. The fraction of sp³-hybridized carbons (Fsp3) is 0.462. The molecule has 6 heteroatoms. The molecule has 2 aliphatic heterocycles. The molecule has 0 N–H and O–H groups in total. The van der Waals surface area contributed by atoms with Gasteiger partial charge in [-0.25, -0.2) is 0 Å². The van der Waals surface area contributed by atoms with Gasteiger partial charge in [0.25, 0.3) is 5.91 Å². The fourth-order valence-corrected chi connectivity index (χ4v) is 4.90. The van der Waals surface area contributed by atoms with Crippen LogP contribution in [0.15, 0.2) is 54.6 Å². The van der Waals surface area contributed by atoms with Crippen molar-refractivity contribution < 1.29 is 14.3 Å². The van der Waals surface area contributed by atoms with Gasteiger partial charge >= 0.3 is 0 Å². The number of benzene rings is 2. The van der Waals surface area contributed by atoms with Gasteiger partial charge in [-0.1, -0.05) is 43.3 Å². The van der Waals surface area contributed by atoms with Crippen LogP contribution in [-0.2, 0) is 4.79 Å². The number of hydrogen-bond acceptors (Lipinski definition) is 4. The van der Waals surface area contributed by atoms with Crippen LogP contribution >= 0.6 is 0 Å². The predicted octanol–water partition coefficient (Wildman–Crippen LogP) is 3.45. The van der Waals surface area contributed by atoms with Crippen LogP contribution in [0.1, 0.15) is 41.7 Å². The van der Waals surface area contributed by atoms with Crippen LogP contribution < -0.4 is 4.74 Å². The summed E-state index contributed by atoms with van der Waals surface area (Å²) in [5.41, 5.74) is 1.39. The van der Waals surface area contributed by atoms with Gasteiger partial charge < -0.3 is 14.5 Å². The number of methoxy groups -OCH3 is 1. The van der Waals surface area contributed by atoms with Gasteiger partial charge in [0, 0.05) is 49.3 Å². The largest absolute Gasteiger partial charge is 0.496 e. The lowest BCUT2D eigenvalue weighted by atomic mass is 9.78. The number of hydrogen-bond donors (Lipinski definition) is 0. The summed E-state index contributed by atoms with van der Waals surface area (Å²) in [5.74, 6) is 1.12. The van der Waals surface area contributed by atoms with Crippen LogP contribution in [-0.4, -0.2) is 73.4 Å². The number of likely N-dealkylation sites (N-methyl/N-ethyl adjacent to an activating group) is 1. The maximum absolute atomic E-state index is 13.6. The fourth-order valence-electron chi connectivity index (χ4n) is 4.90. The topological polar surface area (TPSA) is 53.1 Å². The molecule has 2 saturated heterocycles. The number of rotatable bonds is 4. The highest BCUT2D eigenvalue weighted by atomic mass is 16.5. The smallest absolute Gasteiger partial charge is 0.253 e. The number of carbonyl (C=O) groups is 2. The predicted molar refractivity (Wildman–Crippen MR) is 125 cm³/mol. The van der Waals surface area contributed by atoms with Gasteiger partial charge in [-0.05, 0) is 38.1 Å². The van der Waals surface area contributed by atoms with Crippen molar-refractivity contribution in [2.75, 3.05) is 46.9 Å². The van der Waals surface area contributed by atoms with E-state index in [1.54, 1.807) is 7.11 Å². The normalized spacial score (nSPS) is 21.3. The summed E-state index contributed by atoms with van der Waals surface area (Å²) in [7, 11) is 3.80. The average Bonchev–Trinajstić information content (AvgIpc) is 2.84. The molecule has 0 bridgehead atoms. The maximum Gasteiger partial charge on any atom is 0.253 e. The van der Waals surface area contributed by atoms with E-state index in [1.165, 1.54) is 0 Å². The van der Waals surface area contributed by atoms with Gasteiger partial charge in [0.1, 0.15) is 5.75 Å². The third-order valence-corrected chi connectivity index (χ3v) is 7.12. The summed E-state index contributed by atoms with van der Waals surface area (Å²) in [5, 5.41) is 0. The number of piperidine rings is 1. The Balaban J connectivity index is 1.43. The van der Waals surface area contributed by atoms with E-state index >= 15 is 0 Å². The second-order valence-electron chi connectivity index (χ2n) is 9.21. The van der Waals surface area contributed by atoms with Crippen molar-refractivity contribution in [3.05, 3.63) is 65.7 Å². The average molecular weight is 436 g/mol. The molecule has 0 aliphatic carbocycles. The molecule has 0 saturated carbocycles. The molecule has 0 spiro atoms. The highest BCUT2D eigenvalue weighted by Gasteiger charge is 2.42. The van der Waals surface area contributed by atoms with E-state index in [0.29, 0.717) is 38.0 Å². The van der Waals surface area contributed by atoms with Crippen molar-refractivity contribution in [2.45, 2.75) is 25.8 Å². The van der Waals surface area contributed by atoms with Gasteiger partial charge in [0.2, 0.25) is 5.91 Å². The van der Waals surface area contributed by atoms with Crippen LogP contribution in [0, 0.1) is 5.41 Å². The van der Waals surface area contributed by atoms with Crippen LogP contribution in [0.3, 0.4) is 0 Å². The quantitative estimate of drug-likeness (QED) is 0.738. The minimum absolute atomic E-state index is 0.0518. The molecular formula is C26H33N3O3. The molecule has 2 aromatic rings. The molecule has 32 heavy (non-hydrogen) atoms. The summed E-state index contributed by atoms with van der Waals surface area (Å²) in [4.78, 5) is 32.6.